The molecule has 0 aliphatic heterocycles. The van der Waals surface area contributed by atoms with Crippen molar-refractivity contribution >= 4 is 28.4 Å². The van der Waals surface area contributed by atoms with Crippen LogP contribution >= 0.6 is 0 Å². The topological polar surface area (TPSA) is 79.5 Å². The van der Waals surface area contributed by atoms with Gasteiger partial charge in [0.2, 0.25) is 5.78 Å². The van der Waals surface area contributed by atoms with E-state index in [-0.39, 0.29) is 11.5 Å². The van der Waals surface area contributed by atoms with Crippen molar-refractivity contribution in [2.75, 3.05) is 5.32 Å². The highest BCUT2D eigenvalue weighted by Crippen LogP contribution is 2.24. The lowest BCUT2D eigenvalue weighted by atomic mass is 10.1. The smallest absolute Gasteiger partial charge is 0.325 e. The van der Waals surface area contributed by atoms with Crippen molar-refractivity contribution in [1.82, 2.24) is 0 Å². The van der Waals surface area contributed by atoms with Crippen LogP contribution in [0.5, 0.6) is 0 Å². The average Bonchev–Trinajstić information content (AvgIpc) is 2.98. The molecular weight excluding hydrogens is 294 g/mol. The predicted octanol–water partition coefficient (Wildman–Crippen LogP) is 3.55. The van der Waals surface area contributed by atoms with Gasteiger partial charge in [-0.1, -0.05) is 30.3 Å². The Balaban J connectivity index is 1.97. The third-order valence-electron chi connectivity index (χ3n) is 3.56. The molecule has 0 radical (unpaired) electrons. The number of anilines is 1. The van der Waals surface area contributed by atoms with E-state index in [2.05, 4.69) is 5.32 Å². The van der Waals surface area contributed by atoms with Crippen molar-refractivity contribution in [2.24, 2.45) is 0 Å². The van der Waals surface area contributed by atoms with Gasteiger partial charge < -0.3 is 14.8 Å². The Morgan fingerprint density at radius 2 is 1.78 bits per heavy atom. The Kier molecular flexibility index (Phi) is 3.85. The third-order valence-corrected chi connectivity index (χ3v) is 3.56. The minimum Gasteiger partial charge on any atom is -0.480 e. The number of carbonyl (C=O) groups is 2. The monoisotopic (exact) mass is 309 g/mol. The number of benzene rings is 2. The molecule has 0 aliphatic carbocycles. The first kappa shape index (κ1) is 14.8. The van der Waals surface area contributed by atoms with Crippen molar-refractivity contribution < 1.29 is 19.1 Å². The largest absolute Gasteiger partial charge is 0.480 e. The maximum Gasteiger partial charge on any atom is 0.325 e. The van der Waals surface area contributed by atoms with E-state index in [0.29, 0.717) is 16.8 Å². The van der Waals surface area contributed by atoms with Crippen molar-refractivity contribution in [3.63, 3.8) is 0 Å². The van der Waals surface area contributed by atoms with Crippen molar-refractivity contribution in [2.45, 2.75) is 13.0 Å². The molecule has 1 heterocycles. The molecule has 0 bridgehead atoms. The number of ketones is 1. The van der Waals surface area contributed by atoms with Crippen LogP contribution in [-0.4, -0.2) is 22.9 Å². The molecule has 1 aromatic heterocycles. The molecule has 0 spiro atoms. The number of nitrogens with one attached hydrogen (secondary N) is 1. The summed E-state index contributed by atoms with van der Waals surface area (Å²) in [6, 6.07) is 15.0. The zero-order valence-electron chi connectivity index (χ0n) is 12.4. The SMILES string of the molecule is C[C@H](Nc1ccccc1C(=O)c1cc2ccccc2o1)C(=O)O. The molecule has 2 aromatic carbocycles. The molecule has 0 saturated heterocycles. The van der Waals surface area contributed by atoms with Crippen LogP contribution in [0.15, 0.2) is 59.0 Å². The lowest BCUT2D eigenvalue weighted by Crippen LogP contribution is -2.26. The zero-order valence-corrected chi connectivity index (χ0v) is 12.4. The number of para-hydroxylation sites is 2. The van der Waals surface area contributed by atoms with Crippen LogP contribution in [0.1, 0.15) is 23.0 Å². The fourth-order valence-corrected chi connectivity index (χ4v) is 2.33. The van der Waals surface area contributed by atoms with Crippen LogP contribution in [0.3, 0.4) is 0 Å². The fraction of sp³-hybridized carbons (Fsp3) is 0.111. The summed E-state index contributed by atoms with van der Waals surface area (Å²) in [7, 11) is 0. The Bertz CT molecular complexity index is 848. The van der Waals surface area contributed by atoms with Gasteiger partial charge >= 0.3 is 5.97 Å². The summed E-state index contributed by atoms with van der Waals surface area (Å²) in [5.41, 5.74) is 1.48. The number of carboxylic acids is 1. The average molecular weight is 309 g/mol. The van der Waals surface area contributed by atoms with E-state index in [1.54, 1.807) is 36.4 Å². The Labute approximate surface area is 132 Å². The molecular formula is C18H15NO4. The van der Waals surface area contributed by atoms with E-state index >= 15 is 0 Å². The first-order valence-electron chi connectivity index (χ1n) is 7.18. The molecule has 0 amide bonds. The lowest BCUT2D eigenvalue weighted by Gasteiger charge is -2.13. The predicted molar refractivity (Wildman–Crippen MR) is 86.8 cm³/mol. The number of carbonyl (C=O) groups excluding carboxylic acids is 1. The summed E-state index contributed by atoms with van der Waals surface area (Å²) in [4.78, 5) is 23.7. The van der Waals surface area contributed by atoms with E-state index < -0.39 is 12.0 Å². The van der Waals surface area contributed by atoms with Gasteiger partial charge in [-0.2, -0.15) is 0 Å². The van der Waals surface area contributed by atoms with E-state index in [9.17, 15) is 9.59 Å². The number of rotatable bonds is 5. The van der Waals surface area contributed by atoms with Gasteiger partial charge in [-0.25, -0.2) is 0 Å². The minimum absolute atomic E-state index is 0.225. The third kappa shape index (κ3) is 2.94. The highest BCUT2D eigenvalue weighted by Gasteiger charge is 2.19. The van der Waals surface area contributed by atoms with Gasteiger partial charge in [-0.15, -0.1) is 0 Å². The molecule has 0 fully saturated rings. The molecule has 1 atom stereocenters. The van der Waals surface area contributed by atoms with Crippen LogP contribution in [-0.2, 0) is 4.79 Å². The summed E-state index contributed by atoms with van der Waals surface area (Å²) >= 11 is 0. The van der Waals surface area contributed by atoms with E-state index in [1.807, 2.05) is 18.2 Å². The second-order valence-corrected chi connectivity index (χ2v) is 5.23. The number of carboxylic acid groups (broad SMARTS) is 1. The van der Waals surface area contributed by atoms with Crippen molar-refractivity contribution in [3.05, 3.63) is 65.9 Å². The maximum atomic E-state index is 12.7. The van der Waals surface area contributed by atoms with E-state index in [1.165, 1.54) is 6.92 Å². The maximum absolute atomic E-state index is 12.7. The summed E-state index contributed by atoms with van der Waals surface area (Å²) in [6.07, 6.45) is 0. The molecule has 23 heavy (non-hydrogen) atoms. The van der Waals surface area contributed by atoms with Crippen LogP contribution in [0, 0.1) is 0 Å². The summed E-state index contributed by atoms with van der Waals surface area (Å²) in [6.45, 7) is 1.52. The van der Waals surface area contributed by atoms with Gasteiger partial charge in [-0.3, -0.25) is 9.59 Å². The number of hydrogen-bond acceptors (Lipinski definition) is 4. The number of aliphatic carboxylic acids is 1. The highest BCUT2D eigenvalue weighted by atomic mass is 16.4. The Morgan fingerprint density at radius 1 is 1.09 bits per heavy atom. The van der Waals surface area contributed by atoms with Crippen molar-refractivity contribution in [1.29, 1.82) is 0 Å². The molecule has 2 N–H and O–H groups in total. The highest BCUT2D eigenvalue weighted by molar-refractivity contribution is 6.12. The van der Waals surface area contributed by atoms with Gasteiger partial charge in [0.05, 0.1) is 0 Å². The first-order valence-corrected chi connectivity index (χ1v) is 7.18. The quantitative estimate of drug-likeness (QED) is 0.705. The Hall–Kier alpha value is -3.08. The number of furan rings is 1. The second-order valence-electron chi connectivity index (χ2n) is 5.23. The number of fused-ring (bicyclic) bond motifs is 1. The van der Waals surface area contributed by atoms with Gasteiger partial charge in [0.1, 0.15) is 11.6 Å². The summed E-state index contributed by atoms with van der Waals surface area (Å²) in [5.74, 6) is -1.05. The standard InChI is InChI=1S/C18H15NO4/c1-11(18(21)22)19-14-8-4-3-7-13(14)17(20)16-10-12-6-2-5-9-15(12)23-16/h2-11,19H,1H3,(H,21,22)/t11-/m0/s1. The van der Waals surface area contributed by atoms with E-state index in [4.69, 9.17) is 9.52 Å². The van der Waals surface area contributed by atoms with Crippen LogP contribution in [0.25, 0.3) is 11.0 Å². The number of hydrogen-bond donors (Lipinski definition) is 2. The van der Waals surface area contributed by atoms with E-state index in [0.717, 1.165) is 5.39 Å². The summed E-state index contributed by atoms with van der Waals surface area (Å²) in [5, 5.41) is 12.7. The molecule has 116 valence electrons. The molecule has 5 nitrogen and oxygen atoms in total. The normalized spacial score (nSPS) is 12.0. The van der Waals surface area contributed by atoms with Gasteiger partial charge in [0, 0.05) is 16.6 Å². The molecule has 3 aromatic rings. The van der Waals surface area contributed by atoms with Gasteiger partial charge in [0.15, 0.2) is 5.76 Å². The summed E-state index contributed by atoms with van der Waals surface area (Å²) < 4.78 is 5.60. The van der Waals surface area contributed by atoms with Gasteiger partial charge in [-0.05, 0) is 31.2 Å². The molecule has 0 aliphatic rings. The fourth-order valence-electron chi connectivity index (χ4n) is 2.33. The van der Waals surface area contributed by atoms with Crippen LogP contribution < -0.4 is 5.32 Å². The molecule has 3 rings (SSSR count). The Morgan fingerprint density at radius 3 is 2.52 bits per heavy atom. The minimum atomic E-state index is -0.990. The van der Waals surface area contributed by atoms with Crippen LogP contribution in [0.2, 0.25) is 0 Å². The van der Waals surface area contributed by atoms with Crippen LogP contribution in [0.4, 0.5) is 5.69 Å². The molecule has 5 heteroatoms. The van der Waals surface area contributed by atoms with Gasteiger partial charge in [0.25, 0.3) is 0 Å². The lowest BCUT2D eigenvalue weighted by molar-refractivity contribution is -0.137. The van der Waals surface area contributed by atoms with Crippen molar-refractivity contribution in [3.8, 4) is 0 Å². The zero-order chi connectivity index (χ0) is 16.4. The first-order chi connectivity index (χ1) is 11.1. The molecule has 0 unspecified atom stereocenters. The second kappa shape index (κ2) is 5.96. The molecule has 0 saturated carbocycles.